The molecule has 0 aliphatic rings. The van der Waals surface area contributed by atoms with E-state index in [1.54, 1.807) is 17.4 Å². The molecule has 0 radical (unpaired) electrons. The van der Waals surface area contributed by atoms with Gasteiger partial charge in [-0.05, 0) is 42.7 Å². The maximum Gasteiger partial charge on any atom is 0.190 e. The summed E-state index contributed by atoms with van der Waals surface area (Å²) in [5.74, 6) is -0.290. The van der Waals surface area contributed by atoms with Gasteiger partial charge < -0.3 is 5.32 Å². The summed E-state index contributed by atoms with van der Waals surface area (Å²) in [6.45, 7) is 2.20. The molecular formula is C18H16FN3S2. The summed E-state index contributed by atoms with van der Waals surface area (Å²) >= 11 is 3.04. The van der Waals surface area contributed by atoms with E-state index >= 15 is 0 Å². The summed E-state index contributed by atoms with van der Waals surface area (Å²) in [4.78, 5) is 8.94. The Balaban J connectivity index is 1.62. The third kappa shape index (κ3) is 2.99. The summed E-state index contributed by atoms with van der Waals surface area (Å²) in [5, 5.41) is 4.68. The monoisotopic (exact) mass is 357 g/mol. The summed E-state index contributed by atoms with van der Waals surface area (Å²) < 4.78 is 15.8. The first-order chi connectivity index (χ1) is 11.7. The minimum Gasteiger partial charge on any atom is -0.307 e. The van der Waals surface area contributed by atoms with E-state index in [0.29, 0.717) is 10.6 Å². The average molecular weight is 357 g/mol. The van der Waals surface area contributed by atoms with Crippen LogP contribution in [-0.4, -0.2) is 9.97 Å². The van der Waals surface area contributed by atoms with Gasteiger partial charge in [-0.2, -0.15) is 0 Å². The quantitative estimate of drug-likeness (QED) is 0.467. The first-order valence-electron chi connectivity index (χ1n) is 7.94. The Kier molecular flexibility index (Phi) is 4.16. The van der Waals surface area contributed by atoms with E-state index in [4.69, 9.17) is 0 Å². The van der Waals surface area contributed by atoms with Gasteiger partial charge >= 0.3 is 0 Å². The van der Waals surface area contributed by atoms with Gasteiger partial charge in [0.25, 0.3) is 0 Å². The molecule has 122 valence electrons. The van der Waals surface area contributed by atoms with E-state index in [9.17, 15) is 4.39 Å². The van der Waals surface area contributed by atoms with Crippen LogP contribution in [0, 0.1) is 5.82 Å². The first-order valence-corrected chi connectivity index (χ1v) is 9.58. The molecule has 1 N–H and O–H groups in total. The van der Waals surface area contributed by atoms with Crippen molar-refractivity contribution in [1.82, 2.24) is 9.97 Å². The van der Waals surface area contributed by atoms with Crippen molar-refractivity contribution in [1.29, 1.82) is 0 Å². The number of aryl methyl sites for hydroxylation is 1. The van der Waals surface area contributed by atoms with Gasteiger partial charge in [0, 0.05) is 0 Å². The molecule has 3 nitrogen and oxygen atoms in total. The van der Waals surface area contributed by atoms with Crippen molar-refractivity contribution in [2.24, 2.45) is 0 Å². The fraction of sp³-hybridized carbons (Fsp3) is 0.222. The lowest BCUT2D eigenvalue weighted by molar-refractivity contribution is 0.637. The molecule has 2 heterocycles. The topological polar surface area (TPSA) is 37.8 Å². The molecule has 0 aliphatic heterocycles. The number of halogens is 1. The Morgan fingerprint density at radius 2 is 1.88 bits per heavy atom. The lowest BCUT2D eigenvalue weighted by Gasteiger charge is -1.98. The molecule has 4 rings (SSSR count). The number of benzene rings is 2. The summed E-state index contributed by atoms with van der Waals surface area (Å²) in [5.41, 5.74) is 2.74. The fourth-order valence-corrected chi connectivity index (χ4v) is 4.49. The van der Waals surface area contributed by atoms with Crippen molar-refractivity contribution >= 4 is 53.4 Å². The number of para-hydroxylation sites is 1. The van der Waals surface area contributed by atoms with Gasteiger partial charge in [0.2, 0.25) is 0 Å². The van der Waals surface area contributed by atoms with Gasteiger partial charge in [0.15, 0.2) is 10.3 Å². The van der Waals surface area contributed by atoms with E-state index < -0.39 is 0 Å². The van der Waals surface area contributed by atoms with Crippen LogP contribution in [0.3, 0.4) is 0 Å². The largest absolute Gasteiger partial charge is 0.307 e. The maximum absolute atomic E-state index is 13.8. The van der Waals surface area contributed by atoms with Gasteiger partial charge in [-0.25, -0.2) is 14.4 Å². The number of nitrogens with zero attached hydrogens (tertiary/aromatic N) is 2. The molecular weight excluding hydrogens is 341 g/mol. The van der Waals surface area contributed by atoms with Gasteiger partial charge in [-0.1, -0.05) is 48.2 Å². The van der Waals surface area contributed by atoms with E-state index in [1.165, 1.54) is 40.5 Å². The van der Waals surface area contributed by atoms with Crippen LogP contribution < -0.4 is 5.32 Å². The molecule has 0 saturated heterocycles. The Labute approximate surface area is 147 Å². The number of anilines is 2. The molecule has 0 fully saturated rings. The molecule has 4 aromatic rings. The highest BCUT2D eigenvalue weighted by Gasteiger charge is 2.10. The van der Waals surface area contributed by atoms with Gasteiger partial charge in [0.05, 0.1) is 14.9 Å². The zero-order valence-electron chi connectivity index (χ0n) is 13.2. The van der Waals surface area contributed by atoms with Gasteiger partial charge in [0.1, 0.15) is 11.3 Å². The Morgan fingerprint density at radius 1 is 1.04 bits per heavy atom. The number of nitrogens with one attached hydrogen (secondary N) is 1. The van der Waals surface area contributed by atoms with Crippen molar-refractivity contribution in [3.05, 3.63) is 47.8 Å². The minimum absolute atomic E-state index is 0.290. The predicted molar refractivity (Wildman–Crippen MR) is 101 cm³/mol. The summed E-state index contributed by atoms with van der Waals surface area (Å²) in [6.07, 6.45) is 3.50. The molecule has 0 unspecified atom stereocenters. The molecule has 2 aromatic heterocycles. The van der Waals surface area contributed by atoms with Crippen molar-refractivity contribution in [3.63, 3.8) is 0 Å². The molecule has 0 amide bonds. The molecule has 24 heavy (non-hydrogen) atoms. The number of thiazole rings is 2. The van der Waals surface area contributed by atoms with Gasteiger partial charge in [-0.3, -0.25) is 0 Å². The van der Waals surface area contributed by atoms with Crippen molar-refractivity contribution in [3.8, 4) is 0 Å². The number of fused-ring (bicyclic) bond motifs is 2. The fourth-order valence-electron chi connectivity index (χ4n) is 2.62. The van der Waals surface area contributed by atoms with Crippen LogP contribution in [0.25, 0.3) is 20.4 Å². The lowest BCUT2D eigenvalue weighted by Crippen LogP contribution is -1.87. The number of rotatable bonds is 5. The summed E-state index contributed by atoms with van der Waals surface area (Å²) in [6, 6.07) is 11.4. The third-order valence-corrected chi connectivity index (χ3v) is 5.73. The van der Waals surface area contributed by atoms with Crippen LogP contribution >= 0.6 is 22.7 Å². The van der Waals surface area contributed by atoms with Crippen molar-refractivity contribution in [2.75, 3.05) is 5.32 Å². The molecule has 0 atom stereocenters. The van der Waals surface area contributed by atoms with E-state index in [-0.39, 0.29) is 5.82 Å². The van der Waals surface area contributed by atoms with Crippen LogP contribution in [0.4, 0.5) is 14.7 Å². The second kappa shape index (κ2) is 6.45. The maximum atomic E-state index is 13.8. The standard InChI is InChI=1S/C18H16FN3S2/c1-2-3-5-11-8-9-13-15(10-11)24-17(20-13)22-18-21-16-12(19)6-4-7-14(16)23-18/h4,6-10H,2-3,5H2,1H3,(H,20,21,22). The summed E-state index contributed by atoms with van der Waals surface area (Å²) in [7, 11) is 0. The van der Waals surface area contributed by atoms with E-state index in [0.717, 1.165) is 21.8 Å². The highest BCUT2D eigenvalue weighted by molar-refractivity contribution is 7.24. The second-order valence-corrected chi connectivity index (χ2v) is 7.72. The van der Waals surface area contributed by atoms with Crippen LogP contribution in [-0.2, 0) is 6.42 Å². The molecule has 2 aromatic carbocycles. The molecule has 0 bridgehead atoms. The SMILES string of the molecule is CCCCc1ccc2nc(Nc3nc4c(F)cccc4s3)sc2c1. The lowest BCUT2D eigenvalue weighted by atomic mass is 10.1. The Morgan fingerprint density at radius 3 is 2.71 bits per heavy atom. The number of aromatic nitrogens is 2. The zero-order valence-corrected chi connectivity index (χ0v) is 14.8. The number of hydrogen-bond donors (Lipinski definition) is 1. The van der Waals surface area contributed by atoms with Crippen LogP contribution in [0.2, 0.25) is 0 Å². The molecule has 0 spiro atoms. The zero-order chi connectivity index (χ0) is 16.5. The van der Waals surface area contributed by atoms with E-state index in [1.807, 2.05) is 6.07 Å². The normalized spacial score (nSPS) is 11.4. The second-order valence-electron chi connectivity index (χ2n) is 5.66. The van der Waals surface area contributed by atoms with Crippen molar-refractivity contribution in [2.45, 2.75) is 26.2 Å². The van der Waals surface area contributed by atoms with Crippen LogP contribution in [0.5, 0.6) is 0 Å². The first kappa shape index (κ1) is 15.5. The van der Waals surface area contributed by atoms with Crippen LogP contribution in [0.15, 0.2) is 36.4 Å². The number of unbranched alkanes of at least 4 members (excludes halogenated alkanes) is 1. The highest BCUT2D eigenvalue weighted by atomic mass is 32.1. The predicted octanol–water partition coefficient (Wildman–Crippen LogP) is 6.13. The van der Waals surface area contributed by atoms with Crippen LogP contribution in [0.1, 0.15) is 25.3 Å². The number of hydrogen-bond acceptors (Lipinski definition) is 5. The Bertz CT molecular complexity index is 1010. The minimum atomic E-state index is -0.290. The third-order valence-electron chi connectivity index (χ3n) is 3.86. The van der Waals surface area contributed by atoms with Gasteiger partial charge in [-0.15, -0.1) is 0 Å². The van der Waals surface area contributed by atoms with E-state index in [2.05, 4.69) is 40.4 Å². The molecule has 6 heteroatoms. The highest BCUT2D eigenvalue weighted by Crippen LogP contribution is 2.33. The average Bonchev–Trinajstić information content (AvgIpc) is 3.16. The Hall–Kier alpha value is -2.05. The van der Waals surface area contributed by atoms with Crippen molar-refractivity contribution < 1.29 is 4.39 Å². The molecule has 0 aliphatic carbocycles. The smallest absolute Gasteiger partial charge is 0.190 e. The molecule has 0 saturated carbocycles.